The average molecular weight is 382 g/mol. The molecule has 0 unspecified atom stereocenters. The number of aromatic nitrogens is 2. The first-order valence-electron chi connectivity index (χ1n) is 8.82. The summed E-state index contributed by atoms with van der Waals surface area (Å²) < 4.78 is 20.7. The Morgan fingerprint density at radius 2 is 1.93 bits per heavy atom. The normalized spacial score (nSPS) is 19.3. The van der Waals surface area contributed by atoms with E-state index in [2.05, 4.69) is 21.7 Å². The quantitative estimate of drug-likeness (QED) is 0.608. The second-order valence-electron chi connectivity index (χ2n) is 6.59. The predicted octanol–water partition coefficient (Wildman–Crippen LogP) is 4.53. The first-order chi connectivity index (χ1) is 13.1. The Kier molecular flexibility index (Phi) is 4.99. The highest BCUT2D eigenvalue weighted by molar-refractivity contribution is 8.00. The summed E-state index contributed by atoms with van der Waals surface area (Å²) in [5.41, 5.74) is 2.90. The molecule has 0 N–H and O–H groups in total. The van der Waals surface area contributed by atoms with Crippen molar-refractivity contribution in [3.05, 3.63) is 72.2 Å². The minimum atomic E-state index is -0.273. The van der Waals surface area contributed by atoms with E-state index in [-0.39, 0.29) is 23.1 Å². The zero-order valence-corrected chi connectivity index (χ0v) is 15.7. The average Bonchev–Trinajstić information content (AvgIpc) is 3.20. The number of carbonyl (C=O) groups is 1. The maximum absolute atomic E-state index is 13.3. The van der Waals surface area contributed by atoms with Gasteiger partial charge in [0.1, 0.15) is 17.2 Å². The molecule has 2 heterocycles. The third-order valence-electron chi connectivity index (χ3n) is 4.52. The van der Waals surface area contributed by atoms with Crippen molar-refractivity contribution in [3.63, 3.8) is 0 Å². The van der Waals surface area contributed by atoms with Gasteiger partial charge in [-0.2, -0.15) is 0 Å². The molecule has 0 aliphatic carbocycles. The number of rotatable bonds is 5. The van der Waals surface area contributed by atoms with Gasteiger partial charge in [0.2, 0.25) is 0 Å². The monoisotopic (exact) mass is 382 g/mol. The molecule has 1 fully saturated rings. The van der Waals surface area contributed by atoms with Crippen LogP contribution in [0.3, 0.4) is 0 Å². The first-order valence-corrected chi connectivity index (χ1v) is 9.70. The van der Waals surface area contributed by atoms with Gasteiger partial charge in [-0.1, -0.05) is 42.1 Å². The van der Waals surface area contributed by atoms with E-state index < -0.39 is 0 Å². The van der Waals surface area contributed by atoms with Crippen LogP contribution < -0.4 is 0 Å². The number of halogens is 1. The molecule has 1 aromatic heterocycles. The highest BCUT2D eigenvalue weighted by Gasteiger charge is 2.34. The summed E-state index contributed by atoms with van der Waals surface area (Å²) in [5.74, 6) is -0.463. The molecule has 1 aliphatic heterocycles. The van der Waals surface area contributed by atoms with Gasteiger partial charge in [0, 0.05) is 6.42 Å². The standard InChI is InChI=1S/C21H19FN2O2S/c1-14-11-19(20(25)26-14)27-21-23-12-18(16-7-9-17(22)10-8-16)24(21)13-15-5-3-2-4-6-15/h2-10,12,14,19H,11,13H2,1H3/t14-,19-/m1/s1. The lowest BCUT2D eigenvalue weighted by Crippen LogP contribution is -2.12. The topological polar surface area (TPSA) is 44.1 Å². The van der Waals surface area contributed by atoms with E-state index in [0.29, 0.717) is 13.0 Å². The van der Waals surface area contributed by atoms with E-state index >= 15 is 0 Å². The molecular formula is C21H19FN2O2S. The molecule has 1 saturated heterocycles. The van der Waals surface area contributed by atoms with Gasteiger partial charge in [-0.3, -0.25) is 4.79 Å². The Hall–Kier alpha value is -2.60. The lowest BCUT2D eigenvalue weighted by molar-refractivity contribution is -0.140. The maximum Gasteiger partial charge on any atom is 0.319 e. The fourth-order valence-electron chi connectivity index (χ4n) is 3.17. The molecule has 138 valence electrons. The Morgan fingerprint density at radius 1 is 1.19 bits per heavy atom. The number of imidazole rings is 1. The van der Waals surface area contributed by atoms with Crippen LogP contribution in [0.25, 0.3) is 11.3 Å². The van der Waals surface area contributed by atoms with Crippen molar-refractivity contribution < 1.29 is 13.9 Å². The summed E-state index contributed by atoms with van der Waals surface area (Å²) in [6.07, 6.45) is 2.39. The lowest BCUT2D eigenvalue weighted by Gasteiger charge is -2.13. The highest BCUT2D eigenvalue weighted by atomic mass is 32.2. The van der Waals surface area contributed by atoms with Crippen molar-refractivity contribution in [2.24, 2.45) is 0 Å². The number of hydrogen-bond acceptors (Lipinski definition) is 4. The van der Waals surface area contributed by atoms with Gasteiger partial charge in [0.05, 0.1) is 18.4 Å². The third kappa shape index (κ3) is 3.90. The number of thioether (sulfide) groups is 1. The van der Waals surface area contributed by atoms with Gasteiger partial charge in [-0.05, 0) is 42.3 Å². The van der Waals surface area contributed by atoms with Crippen LogP contribution in [-0.2, 0) is 16.1 Å². The van der Waals surface area contributed by atoms with Gasteiger partial charge in [-0.25, -0.2) is 9.37 Å². The summed E-state index contributed by atoms with van der Waals surface area (Å²) in [6, 6.07) is 16.4. The number of hydrogen-bond donors (Lipinski definition) is 0. The summed E-state index contributed by atoms with van der Waals surface area (Å²) in [5, 5.41) is 0.507. The summed E-state index contributed by atoms with van der Waals surface area (Å²) in [6.45, 7) is 2.52. The van der Waals surface area contributed by atoms with Gasteiger partial charge in [0.25, 0.3) is 0 Å². The minimum Gasteiger partial charge on any atom is -0.462 e. The number of ether oxygens (including phenoxy) is 1. The Labute approximate surface area is 161 Å². The molecule has 2 atom stereocenters. The molecule has 4 nitrogen and oxygen atoms in total. The van der Waals surface area contributed by atoms with Gasteiger partial charge in [-0.15, -0.1) is 0 Å². The van der Waals surface area contributed by atoms with E-state index in [9.17, 15) is 9.18 Å². The Balaban J connectivity index is 1.70. The van der Waals surface area contributed by atoms with Crippen LogP contribution in [0, 0.1) is 5.82 Å². The second kappa shape index (κ2) is 7.56. The number of carbonyl (C=O) groups excluding carboxylic acids is 1. The third-order valence-corrected chi connectivity index (χ3v) is 5.72. The zero-order chi connectivity index (χ0) is 18.8. The van der Waals surface area contributed by atoms with Crippen LogP contribution >= 0.6 is 11.8 Å². The van der Waals surface area contributed by atoms with Crippen molar-refractivity contribution in [3.8, 4) is 11.3 Å². The highest BCUT2D eigenvalue weighted by Crippen LogP contribution is 2.34. The molecule has 2 aromatic carbocycles. The van der Waals surface area contributed by atoms with Crippen LogP contribution in [0.5, 0.6) is 0 Å². The van der Waals surface area contributed by atoms with Gasteiger partial charge >= 0.3 is 5.97 Å². The van der Waals surface area contributed by atoms with Crippen molar-refractivity contribution >= 4 is 17.7 Å². The van der Waals surface area contributed by atoms with Crippen molar-refractivity contribution in [1.82, 2.24) is 9.55 Å². The molecule has 0 radical (unpaired) electrons. The SMILES string of the molecule is C[C@@H]1C[C@@H](Sc2ncc(-c3ccc(F)cc3)n2Cc2ccccc2)C(=O)O1. The smallest absolute Gasteiger partial charge is 0.319 e. The van der Waals surface area contributed by atoms with E-state index in [1.54, 1.807) is 18.3 Å². The lowest BCUT2D eigenvalue weighted by atomic mass is 10.1. The molecule has 4 rings (SSSR count). The summed E-state index contributed by atoms with van der Waals surface area (Å²) in [7, 11) is 0. The summed E-state index contributed by atoms with van der Waals surface area (Å²) in [4.78, 5) is 16.6. The Morgan fingerprint density at radius 3 is 2.59 bits per heavy atom. The molecular weight excluding hydrogens is 363 g/mol. The van der Waals surface area contributed by atoms with E-state index in [4.69, 9.17) is 4.74 Å². The molecule has 27 heavy (non-hydrogen) atoms. The van der Waals surface area contributed by atoms with Crippen LogP contribution in [0.4, 0.5) is 4.39 Å². The fourth-order valence-corrected chi connectivity index (χ4v) is 4.34. The first kappa shape index (κ1) is 17.8. The van der Waals surface area contributed by atoms with Crippen LogP contribution in [0.15, 0.2) is 66.0 Å². The van der Waals surface area contributed by atoms with Crippen molar-refractivity contribution in [1.29, 1.82) is 0 Å². The number of cyclic esters (lactones) is 1. The van der Waals surface area contributed by atoms with Crippen molar-refractivity contribution in [2.75, 3.05) is 0 Å². The second-order valence-corrected chi connectivity index (χ2v) is 7.76. The number of esters is 1. The molecule has 0 bridgehead atoms. The fraction of sp³-hybridized carbons (Fsp3) is 0.238. The molecule has 6 heteroatoms. The molecule has 3 aromatic rings. The predicted molar refractivity (Wildman–Crippen MR) is 103 cm³/mol. The van der Waals surface area contributed by atoms with E-state index in [1.165, 1.54) is 23.9 Å². The molecule has 0 saturated carbocycles. The van der Waals surface area contributed by atoms with E-state index in [1.807, 2.05) is 25.1 Å². The van der Waals surface area contributed by atoms with Crippen molar-refractivity contribution in [2.45, 2.75) is 36.4 Å². The number of benzene rings is 2. The molecule has 0 amide bonds. The van der Waals surface area contributed by atoms with Gasteiger partial charge < -0.3 is 9.30 Å². The van der Waals surface area contributed by atoms with Crippen LogP contribution in [0.1, 0.15) is 18.9 Å². The Bertz CT molecular complexity index is 941. The van der Waals surface area contributed by atoms with Gasteiger partial charge in [0.15, 0.2) is 5.16 Å². The minimum absolute atomic E-state index is 0.0656. The zero-order valence-electron chi connectivity index (χ0n) is 14.8. The van der Waals surface area contributed by atoms with E-state index in [0.717, 1.165) is 22.0 Å². The maximum atomic E-state index is 13.3. The number of nitrogens with zero attached hydrogens (tertiary/aromatic N) is 2. The summed E-state index contributed by atoms with van der Waals surface area (Å²) >= 11 is 1.43. The molecule has 0 spiro atoms. The van der Waals surface area contributed by atoms with Crippen LogP contribution in [0.2, 0.25) is 0 Å². The van der Waals surface area contributed by atoms with Crippen LogP contribution in [-0.4, -0.2) is 26.9 Å². The largest absolute Gasteiger partial charge is 0.462 e. The molecule has 1 aliphatic rings.